The van der Waals surface area contributed by atoms with Crippen molar-refractivity contribution in [2.75, 3.05) is 13.1 Å². The first-order valence-corrected chi connectivity index (χ1v) is 9.73. The molecular weight excluding hydrogens is 372 g/mol. The number of piperidine rings is 1. The molecule has 7 heteroatoms. The number of ether oxygens (including phenoxy) is 1. The molecule has 1 aliphatic rings. The number of carbonyl (C=O) groups is 2. The van der Waals surface area contributed by atoms with Crippen molar-refractivity contribution >= 4 is 17.6 Å². The molecule has 1 amide bonds. The van der Waals surface area contributed by atoms with E-state index in [0.717, 1.165) is 19.3 Å². The Morgan fingerprint density at radius 2 is 1.72 bits per heavy atom. The number of nitrogens with zero attached hydrogens (tertiary/aromatic N) is 2. The molecule has 1 atom stereocenters. The van der Waals surface area contributed by atoms with E-state index in [0.29, 0.717) is 19.0 Å². The predicted molar refractivity (Wildman–Crippen MR) is 107 cm³/mol. The maximum absolute atomic E-state index is 12.7. The Balaban J connectivity index is 1.53. The highest BCUT2D eigenvalue weighted by atomic mass is 16.6. The summed E-state index contributed by atoms with van der Waals surface area (Å²) in [6.45, 7) is 2.73. The van der Waals surface area contributed by atoms with Crippen LogP contribution in [0.1, 0.15) is 35.7 Å². The Kier molecular flexibility index (Phi) is 6.59. The summed E-state index contributed by atoms with van der Waals surface area (Å²) >= 11 is 0. The molecule has 0 spiro atoms. The molecule has 3 rings (SSSR count). The summed E-state index contributed by atoms with van der Waals surface area (Å²) in [4.78, 5) is 37.1. The molecule has 29 heavy (non-hydrogen) atoms. The van der Waals surface area contributed by atoms with Crippen molar-refractivity contribution in [1.29, 1.82) is 0 Å². The summed E-state index contributed by atoms with van der Waals surface area (Å²) in [6, 6.07) is 15.8. The maximum Gasteiger partial charge on any atom is 0.345 e. The van der Waals surface area contributed by atoms with E-state index in [1.165, 1.54) is 36.8 Å². The highest BCUT2D eigenvalue weighted by molar-refractivity contribution is 5.95. The lowest BCUT2D eigenvalue weighted by molar-refractivity contribution is -0.385. The number of hydrogen-bond donors (Lipinski definition) is 0. The van der Waals surface area contributed by atoms with E-state index in [-0.39, 0.29) is 17.2 Å². The lowest BCUT2D eigenvalue weighted by Gasteiger charge is -2.33. The van der Waals surface area contributed by atoms with Gasteiger partial charge in [0.1, 0.15) is 5.56 Å². The van der Waals surface area contributed by atoms with Crippen molar-refractivity contribution in [2.24, 2.45) is 5.92 Å². The normalized spacial score (nSPS) is 15.6. The van der Waals surface area contributed by atoms with Crippen LogP contribution in [0.4, 0.5) is 5.69 Å². The molecule has 1 heterocycles. The minimum absolute atomic E-state index is 0.154. The van der Waals surface area contributed by atoms with Crippen molar-refractivity contribution in [1.82, 2.24) is 4.90 Å². The van der Waals surface area contributed by atoms with E-state index in [1.54, 1.807) is 4.90 Å². The third-order valence-corrected chi connectivity index (χ3v) is 5.25. The average molecular weight is 396 g/mol. The molecule has 0 radical (unpaired) electrons. The van der Waals surface area contributed by atoms with Crippen molar-refractivity contribution in [2.45, 2.75) is 32.3 Å². The number of para-hydroxylation sites is 1. The number of benzene rings is 2. The van der Waals surface area contributed by atoms with E-state index in [4.69, 9.17) is 4.74 Å². The topological polar surface area (TPSA) is 89.7 Å². The van der Waals surface area contributed by atoms with E-state index >= 15 is 0 Å². The van der Waals surface area contributed by atoms with Gasteiger partial charge in [-0.3, -0.25) is 14.9 Å². The smallest absolute Gasteiger partial charge is 0.345 e. The van der Waals surface area contributed by atoms with E-state index in [2.05, 4.69) is 12.1 Å². The number of rotatable bonds is 6. The second kappa shape index (κ2) is 9.32. The molecular formula is C22H24N2O5. The second-order valence-corrected chi connectivity index (χ2v) is 7.28. The Morgan fingerprint density at radius 3 is 2.38 bits per heavy atom. The number of nitro benzene ring substituents is 1. The zero-order valence-electron chi connectivity index (χ0n) is 16.3. The SMILES string of the molecule is CC(OC(=O)c1ccccc1[N+](=O)[O-])C(=O)N1CCC(Cc2ccccc2)CC1. The zero-order valence-corrected chi connectivity index (χ0v) is 16.3. The number of nitro groups is 1. The van der Waals surface area contributed by atoms with Crippen molar-refractivity contribution < 1.29 is 19.2 Å². The van der Waals surface area contributed by atoms with Crippen LogP contribution in [0.3, 0.4) is 0 Å². The van der Waals surface area contributed by atoms with Crippen LogP contribution in [0, 0.1) is 16.0 Å². The third kappa shape index (κ3) is 5.19. The largest absolute Gasteiger partial charge is 0.449 e. The molecule has 0 aliphatic carbocycles. The third-order valence-electron chi connectivity index (χ3n) is 5.25. The van der Waals surface area contributed by atoms with E-state index in [9.17, 15) is 19.7 Å². The van der Waals surface area contributed by atoms with E-state index < -0.39 is 17.0 Å². The van der Waals surface area contributed by atoms with Crippen LogP contribution in [0.2, 0.25) is 0 Å². The fourth-order valence-electron chi connectivity index (χ4n) is 3.64. The van der Waals surface area contributed by atoms with Crippen molar-refractivity contribution in [3.63, 3.8) is 0 Å². The lowest BCUT2D eigenvalue weighted by Crippen LogP contribution is -2.44. The van der Waals surface area contributed by atoms with Crippen LogP contribution in [-0.4, -0.2) is 40.9 Å². The van der Waals surface area contributed by atoms with Gasteiger partial charge in [0, 0.05) is 19.2 Å². The standard InChI is InChI=1S/C22H24N2O5/c1-16(29-22(26)19-9-5-6-10-20(19)24(27)28)21(25)23-13-11-18(12-14-23)15-17-7-3-2-4-8-17/h2-10,16,18H,11-15H2,1H3. The molecule has 1 unspecified atom stereocenters. The Bertz CT molecular complexity index is 876. The highest BCUT2D eigenvalue weighted by Gasteiger charge is 2.30. The summed E-state index contributed by atoms with van der Waals surface area (Å²) in [5.41, 5.74) is 0.807. The average Bonchev–Trinajstić information content (AvgIpc) is 2.74. The molecule has 0 aromatic heterocycles. The highest BCUT2D eigenvalue weighted by Crippen LogP contribution is 2.23. The quantitative estimate of drug-likeness (QED) is 0.423. The fourth-order valence-corrected chi connectivity index (χ4v) is 3.64. The molecule has 7 nitrogen and oxygen atoms in total. The van der Waals surface area contributed by atoms with Gasteiger partial charge < -0.3 is 9.64 Å². The Hall–Kier alpha value is -3.22. The molecule has 152 valence electrons. The summed E-state index contributed by atoms with van der Waals surface area (Å²) in [6.07, 6.45) is 1.79. The molecule has 0 saturated carbocycles. The minimum atomic E-state index is -0.993. The second-order valence-electron chi connectivity index (χ2n) is 7.28. The molecule has 1 aliphatic heterocycles. The predicted octanol–water partition coefficient (Wildman–Crippen LogP) is 3.62. The van der Waals surface area contributed by atoms with Gasteiger partial charge in [-0.2, -0.15) is 0 Å². The number of amides is 1. The minimum Gasteiger partial charge on any atom is -0.449 e. The van der Waals surface area contributed by atoms with Gasteiger partial charge in [0.2, 0.25) is 0 Å². The van der Waals surface area contributed by atoms with Gasteiger partial charge in [0.15, 0.2) is 6.10 Å². The number of esters is 1. The first-order valence-electron chi connectivity index (χ1n) is 9.73. The Morgan fingerprint density at radius 1 is 1.10 bits per heavy atom. The van der Waals surface area contributed by atoms with Crippen LogP contribution in [-0.2, 0) is 16.0 Å². The van der Waals surface area contributed by atoms with E-state index in [1.807, 2.05) is 18.2 Å². The van der Waals surface area contributed by atoms with Gasteiger partial charge in [-0.1, -0.05) is 42.5 Å². The summed E-state index contributed by atoms with van der Waals surface area (Å²) in [5.74, 6) is -0.613. The summed E-state index contributed by atoms with van der Waals surface area (Å²) in [7, 11) is 0. The molecule has 0 bridgehead atoms. The molecule has 2 aromatic rings. The molecule has 0 N–H and O–H groups in total. The molecule has 1 fully saturated rings. The lowest BCUT2D eigenvalue weighted by atomic mass is 9.90. The van der Waals surface area contributed by atoms with Gasteiger partial charge in [-0.15, -0.1) is 0 Å². The number of carbonyl (C=O) groups excluding carboxylic acids is 2. The van der Waals surface area contributed by atoms with Crippen LogP contribution >= 0.6 is 0 Å². The number of likely N-dealkylation sites (tertiary alicyclic amines) is 1. The maximum atomic E-state index is 12.7. The molecule has 1 saturated heterocycles. The van der Waals surface area contributed by atoms with Crippen molar-refractivity contribution in [3.8, 4) is 0 Å². The van der Waals surface area contributed by atoms with Crippen LogP contribution in [0.5, 0.6) is 0 Å². The van der Waals surface area contributed by atoms with Gasteiger partial charge in [0.05, 0.1) is 4.92 Å². The number of hydrogen-bond acceptors (Lipinski definition) is 5. The van der Waals surface area contributed by atoms with Crippen LogP contribution in [0.25, 0.3) is 0 Å². The van der Waals surface area contributed by atoms with Crippen LogP contribution < -0.4 is 0 Å². The summed E-state index contributed by atoms with van der Waals surface area (Å²) < 4.78 is 5.23. The van der Waals surface area contributed by atoms with Gasteiger partial charge in [-0.05, 0) is 43.7 Å². The Labute approximate surface area is 169 Å². The van der Waals surface area contributed by atoms with Crippen LogP contribution in [0.15, 0.2) is 54.6 Å². The van der Waals surface area contributed by atoms with Gasteiger partial charge >= 0.3 is 5.97 Å². The zero-order chi connectivity index (χ0) is 20.8. The van der Waals surface area contributed by atoms with Gasteiger partial charge in [0.25, 0.3) is 11.6 Å². The first kappa shape index (κ1) is 20.5. The fraction of sp³-hybridized carbons (Fsp3) is 0.364. The van der Waals surface area contributed by atoms with Crippen molar-refractivity contribution in [3.05, 3.63) is 75.8 Å². The monoisotopic (exact) mass is 396 g/mol. The summed E-state index contributed by atoms with van der Waals surface area (Å²) in [5, 5.41) is 11.1. The molecule has 2 aromatic carbocycles. The first-order chi connectivity index (χ1) is 14.0. The van der Waals surface area contributed by atoms with Gasteiger partial charge in [-0.25, -0.2) is 4.79 Å².